The summed E-state index contributed by atoms with van der Waals surface area (Å²) in [6.07, 6.45) is 12.8. The first-order chi connectivity index (χ1) is 38.6. The van der Waals surface area contributed by atoms with E-state index < -0.39 is 0 Å². The van der Waals surface area contributed by atoms with E-state index in [2.05, 4.69) is 197 Å². The molecule has 0 unspecified atom stereocenters. The molecule has 0 saturated heterocycles. The molecule has 8 heteroatoms. The Morgan fingerprint density at radius 3 is 1.72 bits per heavy atom. The van der Waals surface area contributed by atoms with E-state index in [-0.39, 0.29) is 0 Å². The van der Waals surface area contributed by atoms with Crippen LogP contribution in [0.2, 0.25) is 0 Å². The average molecular weight is 999 g/mol. The number of furan rings is 2. The van der Waals surface area contributed by atoms with Gasteiger partial charge in [0.2, 0.25) is 5.95 Å². The second-order valence-corrected chi connectivity index (χ2v) is 20.5. The van der Waals surface area contributed by atoms with Crippen molar-refractivity contribution < 1.29 is 8.83 Å². The number of hydrogen-bond acceptors (Lipinski definition) is 6. The maximum absolute atomic E-state index is 6.36. The van der Waals surface area contributed by atoms with Crippen LogP contribution in [0, 0.1) is 0 Å². The maximum Gasteiger partial charge on any atom is 0.235 e. The maximum atomic E-state index is 6.36. The van der Waals surface area contributed by atoms with Crippen molar-refractivity contribution in [2.24, 2.45) is 0 Å². The van der Waals surface area contributed by atoms with E-state index in [1.807, 2.05) is 42.7 Å². The van der Waals surface area contributed by atoms with Crippen LogP contribution in [-0.4, -0.2) is 29.1 Å². The number of rotatable bonds is 6. The van der Waals surface area contributed by atoms with Crippen LogP contribution in [0.1, 0.15) is 18.4 Å². The predicted octanol–water partition coefficient (Wildman–Crippen LogP) is 18.3. The summed E-state index contributed by atoms with van der Waals surface area (Å²) in [5, 5.41) is 10.6. The molecular formula is C70H42N6O2. The van der Waals surface area contributed by atoms with E-state index in [1.165, 1.54) is 11.1 Å². The highest BCUT2D eigenvalue weighted by Crippen LogP contribution is 2.45. The highest BCUT2D eigenvalue weighted by molar-refractivity contribution is 6.24. The summed E-state index contributed by atoms with van der Waals surface area (Å²) in [6, 6.07) is 70.9. The topological polar surface area (TPSA) is 87.7 Å². The third kappa shape index (κ3) is 6.47. The van der Waals surface area contributed by atoms with Crippen LogP contribution in [0.5, 0.6) is 0 Å². The molecule has 8 nitrogen and oxygen atoms in total. The van der Waals surface area contributed by atoms with Crippen LogP contribution in [-0.2, 0) is 0 Å². The monoisotopic (exact) mass is 998 g/mol. The summed E-state index contributed by atoms with van der Waals surface area (Å²) in [5.74, 6) is 0.544. The number of allylic oxidation sites excluding steroid dienone is 4. The van der Waals surface area contributed by atoms with Gasteiger partial charge in [-0.3, -0.25) is 14.5 Å². The molecule has 0 spiro atoms. The van der Waals surface area contributed by atoms with Crippen LogP contribution in [0.3, 0.4) is 0 Å². The Morgan fingerprint density at radius 1 is 0.397 bits per heavy atom. The van der Waals surface area contributed by atoms with Crippen molar-refractivity contribution in [2.45, 2.75) is 12.8 Å². The Kier molecular flexibility index (Phi) is 9.08. The number of para-hydroxylation sites is 2. The van der Waals surface area contributed by atoms with Gasteiger partial charge in [-0.05, 0) is 132 Å². The highest BCUT2D eigenvalue weighted by atomic mass is 16.3. The molecule has 9 aromatic carbocycles. The predicted molar refractivity (Wildman–Crippen MR) is 319 cm³/mol. The normalized spacial score (nSPS) is 13.1. The van der Waals surface area contributed by atoms with Crippen molar-refractivity contribution in [3.05, 3.63) is 236 Å². The number of hydrogen-bond donors (Lipinski definition) is 0. The van der Waals surface area contributed by atoms with Crippen LogP contribution >= 0.6 is 0 Å². The molecule has 16 aromatic rings. The molecule has 7 heterocycles. The lowest BCUT2D eigenvalue weighted by molar-refractivity contribution is 0.668. The number of benzene rings is 9. The van der Waals surface area contributed by atoms with Gasteiger partial charge in [-0.2, -0.15) is 0 Å². The van der Waals surface area contributed by atoms with E-state index in [9.17, 15) is 0 Å². The highest BCUT2D eigenvalue weighted by Gasteiger charge is 2.25. The Morgan fingerprint density at radius 2 is 1.01 bits per heavy atom. The third-order valence-electron chi connectivity index (χ3n) is 16.0. The van der Waals surface area contributed by atoms with Gasteiger partial charge in [0.1, 0.15) is 22.3 Å². The van der Waals surface area contributed by atoms with E-state index in [4.69, 9.17) is 28.8 Å². The van der Waals surface area contributed by atoms with Gasteiger partial charge >= 0.3 is 0 Å². The average Bonchev–Trinajstić information content (AvgIpc) is 4.45. The van der Waals surface area contributed by atoms with Crippen molar-refractivity contribution >= 4 is 115 Å². The van der Waals surface area contributed by atoms with Gasteiger partial charge in [-0.1, -0.05) is 121 Å². The fourth-order valence-electron chi connectivity index (χ4n) is 12.4. The molecule has 0 bridgehead atoms. The summed E-state index contributed by atoms with van der Waals surface area (Å²) in [7, 11) is 0. The Labute approximate surface area is 445 Å². The summed E-state index contributed by atoms with van der Waals surface area (Å²) in [5.41, 5.74) is 18.2. The number of pyridine rings is 2. The zero-order chi connectivity index (χ0) is 51.0. The molecule has 0 aliphatic heterocycles. The fraction of sp³-hybridized carbons (Fsp3) is 0.0286. The quantitative estimate of drug-likeness (QED) is 0.154. The largest absolute Gasteiger partial charge is 0.456 e. The molecule has 1 aliphatic carbocycles. The van der Waals surface area contributed by atoms with Crippen LogP contribution < -0.4 is 0 Å². The lowest BCUT2D eigenvalue weighted by Gasteiger charge is -2.14. The molecule has 364 valence electrons. The van der Waals surface area contributed by atoms with Gasteiger partial charge in [-0.15, -0.1) is 0 Å². The fourth-order valence-corrected chi connectivity index (χ4v) is 12.4. The molecule has 78 heavy (non-hydrogen) atoms. The second-order valence-electron chi connectivity index (χ2n) is 20.5. The molecule has 0 atom stereocenters. The number of fused-ring (bicyclic) bond motifs is 16. The molecule has 1 aliphatic rings. The zero-order valence-electron chi connectivity index (χ0n) is 41.9. The Balaban J connectivity index is 1.01. The first kappa shape index (κ1) is 42.9. The van der Waals surface area contributed by atoms with Crippen molar-refractivity contribution in [1.29, 1.82) is 0 Å². The summed E-state index contributed by atoms with van der Waals surface area (Å²) in [4.78, 5) is 21.5. The van der Waals surface area contributed by atoms with Crippen molar-refractivity contribution in [3.8, 4) is 45.3 Å². The van der Waals surface area contributed by atoms with E-state index >= 15 is 0 Å². The minimum atomic E-state index is 0.544. The van der Waals surface area contributed by atoms with Crippen LogP contribution in [0.25, 0.3) is 160 Å². The van der Waals surface area contributed by atoms with Gasteiger partial charge in [-0.25, -0.2) is 9.97 Å². The zero-order valence-corrected chi connectivity index (χ0v) is 41.9. The third-order valence-corrected chi connectivity index (χ3v) is 16.0. The SMILES string of the molecule is C1=CC(c2ccc3c(c2)c2ccc4c5cc(-c6ccccc6)ccc5n(-c5cnc6ccc7cccnc7c6c5)c4c2n3-c2nc(-c3ccc4oc5ccccc5c4c3)cc(-c3ccc4oc5ccccc5c4c3)n2)=CCC1. The molecule has 0 N–H and O–H groups in total. The van der Waals surface area contributed by atoms with Crippen LogP contribution in [0.15, 0.2) is 240 Å². The molecule has 0 fully saturated rings. The standard InChI is InChI=1S/C70H42N6O2/c1-3-12-41(13-4-1)44-22-29-61-53(34-44)51-26-27-52-54-35-45(42-14-5-2-6-15-42)23-30-62(54)76(69(52)68(51)75(61)48-38-57-58(72-40-48)28-21-43-16-11-33-71-67(43)57)70-73-59(46-24-31-65-55(36-46)49-17-7-9-19-63(49)77-65)39-60(74-70)47-25-32-66-56(37-47)50-18-8-10-20-64(50)78-66/h1,3-5,7-40H,2,6H2. The molecule has 7 aromatic heterocycles. The van der Waals surface area contributed by atoms with E-state index in [0.29, 0.717) is 5.95 Å². The number of aromatic nitrogens is 6. The first-order valence-electron chi connectivity index (χ1n) is 26.5. The van der Waals surface area contributed by atoms with Crippen molar-refractivity contribution in [1.82, 2.24) is 29.1 Å². The molecular weight excluding hydrogens is 957 g/mol. The van der Waals surface area contributed by atoms with Crippen molar-refractivity contribution in [2.75, 3.05) is 0 Å². The van der Waals surface area contributed by atoms with Crippen LogP contribution in [0.4, 0.5) is 0 Å². The Bertz CT molecular complexity index is 5150. The molecule has 0 amide bonds. The molecule has 17 rings (SSSR count). The molecule has 0 radical (unpaired) electrons. The van der Waals surface area contributed by atoms with E-state index in [1.54, 1.807) is 0 Å². The van der Waals surface area contributed by atoms with Crippen molar-refractivity contribution in [3.63, 3.8) is 0 Å². The van der Waals surface area contributed by atoms with Gasteiger partial charge in [0.15, 0.2) is 0 Å². The van der Waals surface area contributed by atoms with E-state index in [0.717, 1.165) is 161 Å². The minimum absolute atomic E-state index is 0.544. The van der Waals surface area contributed by atoms with Gasteiger partial charge in [0.05, 0.1) is 56.4 Å². The first-order valence-corrected chi connectivity index (χ1v) is 26.5. The molecule has 0 saturated carbocycles. The lowest BCUT2D eigenvalue weighted by atomic mass is 9.98. The number of nitrogens with zero attached hydrogens (tertiary/aromatic N) is 6. The summed E-state index contributed by atoms with van der Waals surface area (Å²) < 4.78 is 17.4. The van der Waals surface area contributed by atoms with Gasteiger partial charge in [0.25, 0.3) is 0 Å². The Hall–Kier alpha value is -10.4. The summed E-state index contributed by atoms with van der Waals surface area (Å²) >= 11 is 0. The minimum Gasteiger partial charge on any atom is -0.456 e. The lowest BCUT2D eigenvalue weighted by Crippen LogP contribution is -2.05. The van der Waals surface area contributed by atoms with Gasteiger partial charge < -0.3 is 13.4 Å². The summed E-state index contributed by atoms with van der Waals surface area (Å²) in [6.45, 7) is 0. The second kappa shape index (κ2) is 16.5. The smallest absolute Gasteiger partial charge is 0.235 e. The van der Waals surface area contributed by atoms with Gasteiger partial charge in [0, 0.05) is 71.2 Å².